The van der Waals surface area contributed by atoms with Gasteiger partial charge in [-0.05, 0) is 65.7 Å². The molecule has 0 radical (unpaired) electrons. The summed E-state index contributed by atoms with van der Waals surface area (Å²) in [4.78, 5) is 0. The lowest BCUT2D eigenvalue weighted by atomic mass is 9.92. The minimum atomic E-state index is 0.429. The van der Waals surface area contributed by atoms with E-state index in [0.717, 1.165) is 11.1 Å². The highest BCUT2D eigenvalue weighted by Crippen LogP contribution is 2.45. The molecule has 0 saturated carbocycles. The molecule has 2 aliphatic carbocycles. The van der Waals surface area contributed by atoms with Crippen LogP contribution in [-0.2, 0) is 0 Å². The summed E-state index contributed by atoms with van der Waals surface area (Å²) >= 11 is 0. The van der Waals surface area contributed by atoms with Gasteiger partial charge in [-0.25, -0.2) is 0 Å². The number of phenolic OH excluding ortho intramolecular Hbond substituents is 1. The zero-order valence-electron chi connectivity index (χ0n) is 12.0. The molecule has 1 unspecified atom stereocenters. The summed E-state index contributed by atoms with van der Waals surface area (Å²) in [5, 5.41) is 10.3. The molecule has 1 atom stereocenters. The first-order chi connectivity index (χ1) is 8.99. The third-order valence-electron chi connectivity index (χ3n) is 4.24. The van der Waals surface area contributed by atoms with E-state index in [1.165, 1.54) is 22.3 Å². The van der Waals surface area contributed by atoms with E-state index in [0.29, 0.717) is 17.6 Å². The highest BCUT2D eigenvalue weighted by Gasteiger charge is 2.25. The van der Waals surface area contributed by atoms with Gasteiger partial charge < -0.3 is 5.11 Å². The number of allylic oxidation sites excluding steroid dienone is 4. The Morgan fingerprint density at radius 2 is 1.95 bits per heavy atom. The Bertz CT molecular complexity index is 642. The maximum atomic E-state index is 10.3. The van der Waals surface area contributed by atoms with Crippen molar-refractivity contribution in [1.82, 2.24) is 0 Å². The standard InChI is InChI=1S/C18H20O/c1-10(2)13-5-6-14-7-12(4)18(19)16-8-11(3)15(9-13)17(14)16/h5-10,13,19H,1-4H3. The normalized spacial score (nSPS) is 20.2. The number of hydrogen-bond donors (Lipinski definition) is 1. The lowest BCUT2D eigenvalue weighted by molar-refractivity contribution is 0.470. The van der Waals surface area contributed by atoms with Gasteiger partial charge in [-0.15, -0.1) is 0 Å². The first-order valence-corrected chi connectivity index (χ1v) is 6.94. The molecule has 1 aromatic rings. The van der Waals surface area contributed by atoms with Crippen LogP contribution < -0.4 is 0 Å². The second-order valence-electron chi connectivity index (χ2n) is 6.01. The summed E-state index contributed by atoms with van der Waals surface area (Å²) in [5.41, 5.74) is 6.93. The van der Waals surface area contributed by atoms with Gasteiger partial charge in [0.25, 0.3) is 0 Å². The number of benzene rings is 1. The first kappa shape index (κ1) is 12.3. The van der Waals surface area contributed by atoms with Crippen LogP contribution in [0.1, 0.15) is 43.0 Å². The molecule has 1 aromatic carbocycles. The summed E-state index contributed by atoms with van der Waals surface area (Å²) in [6.07, 6.45) is 8.97. The Hall–Kier alpha value is -1.76. The molecule has 0 aromatic heterocycles. The third-order valence-corrected chi connectivity index (χ3v) is 4.24. The predicted octanol–water partition coefficient (Wildman–Crippen LogP) is 4.80. The van der Waals surface area contributed by atoms with Crippen molar-refractivity contribution in [2.45, 2.75) is 27.7 Å². The quantitative estimate of drug-likeness (QED) is 0.761. The SMILES string of the molecule is CC1=Cc2c(O)c(C)cc3c2C1=CC(C(C)C)C=C3. The molecule has 19 heavy (non-hydrogen) atoms. The van der Waals surface area contributed by atoms with Crippen LogP contribution in [0, 0.1) is 18.8 Å². The molecule has 0 fully saturated rings. The monoisotopic (exact) mass is 252 g/mol. The molecular weight excluding hydrogens is 232 g/mol. The van der Waals surface area contributed by atoms with Gasteiger partial charge in [0.05, 0.1) is 0 Å². The molecule has 1 heteroatoms. The fourth-order valence-corrected chi connectivity index (χ4v) is 3.02. The van der Waals surface area contributed by atoms with Gasteiger partial charge in [-0.3, -0.25) is 0 Å². The van der Waals surface area contributed by atoms with Crippen LogP contribution in [0.5, 0.6) is 5.75 Å². The largest absolute Gasteiger partial charge is 0.507 e. The summed E-state index contributed by atoms with van der Waals surface area (Å²) in [6, 6.07) is 2.09. The number of phenols is 1. The Morgan fingerprint density at radius 1 is 1.21 bits per heavy atom. The van der Waals surface area contributed by atoms with Crippen molar-refractivity contribution in [1.29, 1.82) is 0 Å². The average molecular weight is 252 g/mol. The van der Waals surface area contributed by atoms with Crippen molar-refractivity contribution in [3.8, 4) is 5.75 Å². The molecule has 0 amide bonds. The van der Waals surface area contributed by atoms with Gasteiger partial charge in [-0.2, -0.15) is 0 Å². The second kappa shape index (κ2) is 4.12. The van der Waals surface area contributed by atoms with Gasteiger partial charge in [0.2, 0.25) is 0 Å². The fourth-order valence-electron chi connectivity index (χ4n) is 3.02. The summed E-state index contributed by atoms with van der Waals surface area (Å²) in [6.45, 7) is 8.60. The molecule has 3 rings (SSSR count). The number of rotatable bonds is 1. The maximum absolute atomic E-state index is 10.3. The van der Waals surface area contributed by atoms with Crippen LogP contribution >= 0.6 is 0 Å². The number of aryl methyl sites for hydroxylation is 1. The van der Waals surface area contributed by atoms with Crippen molar-refractivity contribution in [3.05, 3.63) is 46.0 Å². The van der Waals surface area contributed by atoms with Crippen molar-refractivity contribution in [2.75, 3.05) is 0 Å². The topological polar surface area (TPSA) is 20.2 Å². The van der Waals surface area contributed by atoms with Gasteiger partial charge >= 0.3 is 0 Å². The number of aromatic hydroxyl groups is 1. The van der Waals surface area contributed by atoms with E-state index in [2.05, 4.69) is 51.1 Å². The Kier molecular flexibility index (Phi) is 2.67. The van der Waals surface area contributed by atoms with Crippen LogP contribution in [-0.4, -0.2) is 5.11 Å². The molecule has 1 N–H and O–H groups in total. The second-order valence-corrected chi connectivity index (χ2v) is 6.01. The van der Waals surface area contributed by atoms with Crippen LogP contribution in [0.25, 0.3) is 17.7 Å². The molecule has 0 saturated heterocycles. The van der Waals surface area contributed by atoms with E-state index in [4.69, 9.17) is 0 Å². The lowest BCUT2D eigenvalue weighted by Gasteiger charge is -2.13. The summed E-state index contributed by atoms with van der Waals surface area (Å²) < 4.78 is 0. The molecule has 0 heterocycles. The maximum Gasteiger partial charge on any atom is 0.126 e. The fraction of sp³-hybridized carbons (Fsp3) is 0.333. The van der Waals surface area contributed by atoms with E-state index >= 15 is 0 Å². The molecule has 0 aliphatic heterocycles. The van der Waals surface area contributed by atoms with Crippen molar-refractivity contribution < 1.29 is 5.11 Å². The molecule has 2 aliphatic rings. The zero-order chi connectivity index (χ0) is 13.7. The minimum Gasteiger partial charge on any atom is -0.507 e. The molecular formula is C18H20O. The Balaban J connectivity index is 2.30. The smallest absolute Gasteiger partial charge is 0.126 e. The van der Waals surface area contributed by atoms with Gasteiger partial charge in [0.15, 0.2) is 0 Å². The zero-order valence-corrected chi connectivity index (χ0v) is 12.0. The molecule has 98 valence electrons. The molecule has 0 spiro atoms. The van der Waals surface area contributed by atoms with Crippen molar-refractivity contribution in [3.63, 3.8) is 0 Å². The lowest BCUT2D eigenvalue weighted by Crippen LogP contribution is -2.01. The van der Waals surface area contributed by atoms with E-state index in [1.54, 1.807) is 0 Å². The van der Waals surface area contributed by atoms with Gasteiger partial charge in [-0.1, -0.05) is 32.1 Å². The highest BCUT2D eigenvalue weighted by molar-refractivity contribution is 5.99. The van der Waals surface area contributed by atoms with Crippen molar-refractivity contribution in [2.24, 2.45) is 11.8 Å². The van der Waals surface area contributed by atoms with Crippen LogP contribution in [0.15, 0.2) is 23.8 Å². The predicted molar refractivity (Wildman–Crippen MR) is 81.8 cm³/mol. The first-order valence-electron chi connectivity index (χ1n) is 6.94. The minimum absolute atomic E-state index is 0.429. The van der Waals surface area contributed by atoms with E-state index < -0.39 is 0 Å². The number of hydrogen-bond acceptors (Lipinski definition) is 1. The van der Waals surface area contributed by atoms with Crippen LogP contribution in [0.2, 0.25) is 0 Å². The summed E-state index contributed by atoms with van der Waals surface area (Å²) in [5.74, 6) is 1.47. The highest BCUT2D eigenvalue weighted by atomic mass is 16.3. The molecule has 0 bridgehead atoms. The summed E-state index contributed by atoms with van der Waals surface area (Å²) in [7, 11) is 0. The van der Waals surface area contributed by atoms with Gasteiger partial charge in [0.1, 0.15) is 5.75 Å². The third kappa shape index (κ3) is 1.76. The Morgan fingerprint density at radius 3 is 2.63 bits per heavy atom. The van der Waals surface area contributed by atoms with Crippen molar-refractivity contribution >= 4 is 17.7 Å². The van der Waals surface area contributed by atoms with Crippen LogP contribution in [0.4, 0.5) is 0 Å². The Labute approximate surface area is 115 Å². The van der Waals surface area contributed by atoms with Crippen LogP contribution in [0.3, 0.4) is 0 Å². The van der Waals surface area contributed by atoms with E-state index in [1.807, 2.05) is 6.92 Å². The van der Waals surface area contributed by atoms with Gasteiger partial charge in [0, 0.05) is 5.56 Å². The molecule has 1 nitrogen and oxygen atoms in total. The van der Waals surface area contributed by atoms with E-state index in [9.17, 15) is 5.11 Å². The average Bonchev–Trinajstić information content (AvgIpc) is 2.56. The van der Waals surface area contributed by atoms with E-state index in [-0.39, 0.29) is 0 Å².